The van der Waals surface area contributed by atoms with Gasteiger partial charge in [0.1, 0.15) is 11.9 Å². The van der Waals surface area contributed by atoms with Crippen molar-refractivity contribution in [3.05, 3.63) is 36.0 Å². The molecule has 0 amide bonds. The van der Waals surface area contributed by atoms with Gasteiger partial charge in [-0.2, -0.15) is 10.3 Å². The fraction of sp³-hybridized carbons (Fsp3) is 0.385. The topological polar surface area (TPSA) is 50.8 Å². The van der Waals surface area contributed by atoms with Crippen molar-refractivity contribution in [1.82, 2.24) is 15.4 Å². The van der Waals surface area contributed by atoms with Gasteiger partial charge in [0.15, 0.2) is 0 Å². The fourth-order valence-electron chi connectivity index (χ4n) is 1.85. The van der Waals surface area contributed by atoms with Gasteiger partial charge >= 0.3 is 0 Å². The molecular formula is C13H17N3O. The van der Waals surface area contributed by atoms with Gasteiger partial charge in [-0.1, -0.05) is 32.4 Å². The molecular weight excluding hydrogens is 214 g/mol. The van der Waals surface area contributed by atoms with E-state index in [1.54, 1.807) is 6.20 Å². The monoisotopic (exact) mass is 231 g/mol. The summed E-state index contributed by atoms with van der Waals surface area (Å²) in [5, 5.41) is 10.1. The average molecular weight is 231 g/mol. The van der Waals surface area contributed by atoms with Crippen molar-refractivity contribution in [2.24, 2.45) is 0 Å². The summed E-state index contributed by atoms with van der Waals surface area (Å²) in [7, 11) is 0. The number of ether oxygens (including phenoxy) is 1. The van der Waals surface area contributed by atoms with Crippen LogP contribution in [-0.2, 0) is 0 Å². The molecule has 17 heavy (non-hydrogen) atoms. The number of hydrogen-bond donors (Lipinski definition) is 1. The van der Waals surface area contributed by atoms with Crippen LogP contribution >= 0.6 is 0 Å². The Labute approximate surface area is 101 Å². The SMILES string of the molecule is CCCC(C)c1cccc(Oc2cn[nH]n2)c1. The standard InChI is InChI=1S/C13H17N3O/c1-3-5-10(2)11-6-4-7-12(8-11)17-13-9-14-16-15-13/h4,6-10H,3,5H2,1-2H3,(H,14,15,16). The number of aromatic nitrogens is 3. The van der Waals surface area contributed by atoms with E-state index in [4.69, 9.17) is 4.74 Å². The van der Waals surface area contributed by atoms with Gasteiger partial charge in [0.2, 0.25) is 0 Å². The van der Waals surface area contributed by atoms with Gasteiger partial charge in [-0.15, -0.1) is 5.10 Å². The average Bonchev–Trinajstić information content (AvgIpc) is 2.82. The van der Waals surface area contributed by atoms with E-state index in [0.717, 1.165) is 5.75 Å². The Balaban J connectivity index is 2.11. The van der Waals surface area contributed by atoms with Crippen LogP contribution in [0.4, 0.5) is 0 Å². The molecule has 0 aliphatic carbocycles. The maximum Gasteiger partial charge on any atom is 0.258 e. The van der Waals surface area contributed by atoms with E-state index in [-0.39, 0.29) is 0 Å². The van der Waals surface area contributed by atoms with Crippen molar-refractivity contribution in [2.45, 2.75) is 32.6 Å². The lowest BCUT2D eigenvalue weighted by Crippen LogP contribution is -1.93. The third kappa shape index (κ3) is 3.06. The van der Waals surface area contributed by atoms with E-state index in [0.29, 0.717) is 11.8 Å². The number of nitrogens with one attached hydrogen (secondary N) is 1. The first-order chi connectivity index (χ1) is 8.29. The molecule has 0 spiro atoms. The number of aromatic amines is 1. The van der Waals surface area contributed by atoms with Gasteiger partial charge in [-0.05, 0) is 30.0 Å². The Kier molecular flexibility index (Phi) is 3.75. The van der Waals surface area contributed by atoms with Crippen molar-refractivity contribution in [2.75, 3.05) is 0 Å². The van der Waals surface area contributed by atoms with Crippen LogP contribution in [-0.4, -0.2) is 15.4 Å². The van der Waals surface area contributed by atoms with Crippen LogP contribution in [0.25, 0.3) is 0 Å². The Morgan fingerprint density at radius 3 is 3.00 bits per heavy atom. The van der Waals surface area contributed by atoms with Gasteiger partial charge in [-0.3, -0.25) is 0 Å². The van der Waals surface area contributed by atoms with E-state index in [9.17, 15) is 0 Å². The molecule has 0 aliphatic heterocycles. The quantitative estimate of drug-likeness (QED) is 0.856. The molecule has 0 bridgehead atoms. The van der Waals surface area contributed by atoms with Gasteiger partial charge in [0.05, 0.1) is 0 Å². The van der Waals surface area contributed by atoms with Gasteiger partial charge in [-0.25, -0.2) is 0 Å². The van der Waals surface area contributed by atoms with E-state index >= 15 is 0 Å². The molecule has 1 unspecified atom stereocenters. The predicted molar refractivity (Wildman–Crippen MR) is 66.2 cm³/mol. The summed E-state index contributed by atoms with van der Waals surface area (Å²) in [4.78, 5) is 0. The van der Waals surface area contributed by atoms with Crippen molar-refractivity contribution < 1.29 is 4.74 Å². The second kappa shape index (κ2) is 5.48. The summed E-state index contributed by atoms with van der Waals surface area (Å²) in [6.07, 6.45) is 3.94. The molecule has 1 aromatic heterocycles. The second-order valence-corrected chi connectivity index (χ2v) is 4.17. The van der Waals surface area contributed by atoms with Crippen LogP contribution in [0, 0.1) is 0 Å². The zero-order chi connectivity index (χ0) is 12.1. The molecule has 0 aliphatic rings. The van der Waals surface area contributed by atoms with Crippen molar-refractivity contribution >= 4 is 0 Å². The minimum atomic E-state index is 0.491. The molecule has 0 radical (unpaired) electrons. The highest BCUT2D eigenvalue weighted by molar-refractivity contribution is 5.32. The number of nitrogens with zero attached hydrogens (tertiary/aromatic N) is 2. The number of hydrogen-bond acceptors (Lipinski definition) is 3. The van der Waals surface area contributed by atoms with Crippen LogP contribution in [0.5, 0.6) is 11.6 Å². The number of H-pyrrole nitrogens is 1. The highest BCUT2D eigenvalue weighted by Gasteiger charge is 2.06. The molecule has 1 heterocycles. The maximum absolute atomic E-state index is 5.58. The summed E-state index contributed by atoms with van der Waals surface area (Å²) >= 11 is 0. The van der Waals surface area contributed by atoms with Crippen molar-refractivity contribution in [3.63, 3.8) is 0 Å². The molecule has 2 rings (SSSR count). The summed E-state index contributed by atoms with van der Waals surface area (Å²) in [6.45, 7) is 4.44. The molecule has 0 fully saturated rings. The van der Waals surface area contributed by atoms with E-state index in [1.807, 2.05) is 12.1 Å². The normalized spacial score (nSPS) is 12.4. The molecule has 2 aromatic rings. The zero-order valence-corrected chi connectivity index (χ0v) is 10.2. The molecule has 1 atom stereocenters. The third-order valence-electron chi connectivity index (χ3n) is 2.76. The fourth-order valence-corrected chi connectivity index (χ4v) is 1.85. The van der Waals surface area contributed by atoms with Gasteiger partial charge in [0.25, 0.3) is 5.88 Å². The van der Waals surface area contributed by atoms with E-state index in [2.05, 4.69) is 41.4 Å². The summed E-state index contributed by atoms with van der Waals surface area (Å²) in [5.41, 5.74) is 1.30. The van der Waals surface area contributed by atoms with Gasteiger partial charge in [0, 0.05) is 0 Å². The Bertz CT molecular complexity index is 453. The molecule has 1 aromatic carbocycles. The van der Waals surface area contributed by atoms with E-state index < -0.39 is 0 Å². The minimum absolute atomic E-state index is 0.491. The van der Waals surface area contributed by atoms with Crippen molar-refractivity contribution in [3.8, 4) is 11.6 Å². The Morgan fingerprint density at radius 1 is 1.41 bits per heavy atom. The summed E-state index contributed by atoms with van der Waals surface area (Å²) in [6, 6.07) is 8.14. The maximum atomic E-state index is 5.58. The number of benzene rings is 1. The molecule has 1 N–H and O–H groups in total. The Morgan fingerprint density at radius 2 is 2.29 bits per heavy atom. The van der Waals surface area contributed by atoms with Crippen LogP contribution in [0.2, 0.25) is 0 Å². The third-order valence-corrected chi connectivity index (χ3v) is 2.76. The Hall–Kier alpha value is -1.84. The van der Waals surface area contributed by atoms with Crippen LogP contribution < -0.4 is 4.74 Å². The van der Waals surface area contributed by atoms with Crippen LogP contribution in [0.1, 0.15) is 38.2 Å². The molecule has 4 nitrogen and oxygen atoms in total. The zero-order valence-electron chi connectivity index (χ0n) is 10.2. The first kappa shape index (κ1) is 11.6. The first-order valence-corrected chi connectivity index (χ1v) is 5.93. The highest BCUT2D eigenvalue weighted by atomic mass is 16.5. The number of rotatable bonds is 5. The molecule has 0 saturated heterocycles. The van der Waals surface area contributed by atoms with Crippen LogP contribution in [0.15, 0.2) is 30.5 Å². The van der Waals surface area contributed by atoms with Crippen LogP contribution in [0.3, 0.4) is 0 Å². The van der Waals surface area contributed by atoms with Crippen molar-refractivity contribution in [1.29, 1.82) is 0 Å². The lowest BCUT2D eigenvalue weighted by molar-refractivity contribution is 0.460. The molecule has 0 saturated carbocycles. The minimum Gasteiger partial charge on any atom is -0.436 e. The second-order valence-electron chi connectivity index (χ2n) is 4.17. The summed E-state index contributed by atoms with van der Waals surface area (Å²) in [5.74, 6) is 1.85. The lowest BCUT2D eigenvalue weighted by atomic mass is 9.96. The predicted octanol–water partition coefficient (Wildman–Crippen LogP) is 3.50. The first-order valence-electron chi connectivity index (χ1n) is 5.93. The van der Waals surface area contributed by atoms with E-state index in [1.165, 1.54) is 18.4 Å². The largest absolute Gasteiger partial charge is 0.436 e. The lowest BCUT2D eigenvalue weighted by Gasteiger charge is -2.11. The smallest absolute Gasteiger partial charge is 0.258 e. The molecule has 4 heteroatoms. The molecule has 90 valence electrons. The highest BCUT2D eigenvalue weighted by Crippen LogP contribution is 2.26. The summed E-state index contributed by atoms with van der Waals surface area (Å²) < 4.78 is 5.58. The van der Waals surface area contributed by atoms with Gasteiger partial charge < -0.3 is 4.74 Å².